The number of rotatable bonds is 8. The van der Waals surface area contributed by atoms with Gasteiger partial charge in [0, 0.05) is 0 Å². The molecule has 3 saturated heterocycles. The first-order valence-corrected chi connectivity index (χ1v) is 16.0. The van der Waals surface area contributed by atoms with Crippen LogP contribution in [-0.4, -0.2) is 103 Å². The Hall–Kier alpha value is 3.06. The van der Waals surface area contributed by atoms with Crippen molar-refractivity contribution < 1.29 is 0 Å². The fraction of sp³-hybridized carbons (Fsp3) is 0.857. The molecule has 0 radical (unpaired) electrons. The Morgan fingerprint density at radius 1 is 0.800 bits per heavy atom. The molecule has 6 heteroatoms. The van der Waals surface area contributed by atoms with Crippen molar-refractivity contribution in [3.63, 3.8) is 0 Å². The van der Waals surface area contributed by atoms with Crippen molar-refractivity contribution in [3.8, 4) is 0 Å². The van der Waals surface area contributed by atoms with Gasteiger partial charge in [-0.15, -0.1) is 0 Å². The van der Waals surface area contributed by atoms with Crippen LogP contribution in [0.5, 0.6) is 0 Å². The van der Waals surface area contributed by atoms with E-state index in [1.54, 1.807) is 10.6 Å². The minimum atomic E-state index is 0.944. The monoisotopic (exact) mass is 672 g/mol. The van der Waals surface area contributed by atoms with Gasteiger partial charge in [-0.2, -0.15) is 0 Å². The molecule has 0 saturated carbocycles. The molecule has 0 spiro atoms. The Morgan fingerprint density at radius 2 is 1.20 bits per heavy atom. The summed E-state index contributed by atoms with van der Waals surface area (Å²) in [6, 6.07) is 0. The summed E-state index contributed by atoms with van der Waals surface area (Å²) in [4.78, 5) is 2.21. The molecule has 3 heterocycles. The summed E-state index contributed by atoms with van der Waals surface area (Å²) in [6.07, 6.45) is 5.84. The first-order chi connectivity index (χ1) is 9.70. The molecule has 3 rings (SSSR count). The SMILES string of the molecule is [Te]=C(CC1CS1)CC1[Se]CC[Se]C1CC(=[Te])CC1CS1. The van der Waals surface area contributed by atoms with E-state index in [0.717, 1.165) is 50.0 Å². The predicted molar refractivity (Wildman–Crippen MR) is 101 cm³/mol. The van der Waals surface area contributed by atoms with Gasteiger partial charge in [-0.05, 0) is 0 Å². The first-order valence-electron chi connectivity index (χ1n) is 7.20. The molecule has 3 fully saturated rings. The van der Waals surface area contributed by atoms with Crippen LogP contribution in [0.15, 0.2) is 0 Å². The van der Waals surface area contributed by atoms with Crippen LogP contribution < -0.4 is 0 Å². The van der Waals surface area contributed by atoms with Gasteiger partial charge in [0.1, 0.15) is 0 Å². The van der Waals surface area contributed by atoms with Crippen LogP contribution in [0.25, 0.3) is 0 Å². The van der Waals surface area contributed by atoms with Crippen molar-refractivity contribution in [1.29, 1.82) is 0 Å². The Morgan fingerprint density at radius 3 is 1.55 bits per heavy atom. The molecule has 0 amide bonds. The summed E-state index contributed by atoms with van der Waals surface area (Å²) in [5.41, 5.74) is 0. The van der Waals surface area contributed by atoms with Gasteiger partial charge in [-0.1, -0.05) is 0 Å². The normalized spacial score (nSPS) is 35.6. The van der Waals surface area contributed by atoms with Crippen molar-refractivity contribution in [3.05, 3.63) is 0 Å². The van der Waals surface area contributed by atoms with Gasteiger partial charge >= 0.3 is 172 Å². The van der Waals surface area contributed by atoms with Crippen molar-refractivity contribution in [2.45, 2.75) is 56.5 Å². The summed E-state index contributed by atoms with van der Waals surface area (Å²) in [5.74, 6) is 2.88. The molecular formula is C14H20S2Se2Te2. The van der Waals surface area contributed by atoms with Gasteiger partial charge < -0.3 is 0 Å². The van der Waals surface area contributed by atoms with E-state index in [0.29, 0.717) is 0 Å². The van der Waals surface area contributed by atoms with Crippen LogP contribution in [-0.2, 0) is 0 Å². The van der Waals surface area contributed by atoms with Crippen LogP contribution in [0, 0.1) is 0 Å². The quantitative estimate of drug-likeness (QED) is 0.289. The maximum absolute atomic E-state index is 2.37. The van der Waals surface area contributed by atoms with Crippen LogP contribution in [0.4, 0.5) is 0 Å². The molecule has 4 atom stereocenters. The van der Waals surface area contributed by atoms with Gasteiger partial charge in [-0.3, -0.25) is 0 Å². The zero-order valence-corrected chi connectivity index (χ0v) is 21.1. The van der Waals surface area contributed by atoms with E-state index in [-0.39, 0.29) is 0 Å². The second-order valence-corrected chi connectivity index (χ2v) is 17.2. The standard InChI is InChI=1S/C14H20S2Se2Te2/c19-11(3-9-7-15-9)5-13-14(18-2-1-17-13)6-12(20)4-10-8-16-10/h9-10,13-14H,1-8H2. The fourth-order valence-corrected chi connectivity index (χ4v) is 16.1. The number of thioether (sulfide) groups is 2. The van der Waals surface area contributed by atoms with Gasteiger partial charge in [0.15, 0.2) is 0 Å². The van der Waals surface area contributed by atoms with E-state index in [2.05, 4.69) is 67.2 Å². The summed E-state index contributed by atoms with van der Waals surface area (Å²) in [5, 5.41) is 5.19. The molecule has 0 bridgehead atoms. The van der Waals surface area contributed by atoms with Gasteiger partial charge in [0.25, 0.3) is 0 Å². The molecule has 0 nitrogen and oxygen atoms in total. The van der Waals surface area contributed by atoms with Gasteiger partial charge in [0.2, 0.25) is 0 Å². The summed E-state index contributed by atoms with van der Waals surface area (Å²) in [6.45, 7) is 0. The van der Waals surface area contributed by atoms with Crippen molar-refractivity contribution in [1.82, 2.24) is 0 Å². The van der Waals surface area contributed by atoms with Crippen LogP contribution in [0.2, 0.25) is 20.3 Å². The number of hydrogen-bond acceptors (Lipinski definition) is 2. The van der Waals surface area contributed by atoms with Gasteiger partial charge in [0.05, 0.1) is 0 Å². The van der Waals surface area contributed by atoms with Crippen molar-refractivity contribution >= 4 is 104 Å². The summed E-state index contributed by atoms with van der Waals surface area (Å²) >= 11 is 11.0. The molecule has 0 aromatic rings. The molecule has 0 aromatic heterocycles. The first kappa shape index (κ1) is 17.9. The molecule has 20 heavy (non-hydrogen) atoms. The maximum atomic E-state index is 2.37. The number of hydrogen-bond donors (Lipinski definition) is 0. The average Bonchev–Trinajstić information content (AvgIpc) is 3.28. The zero-order chi connectivity index (χ0) is 13.9. The van der Waals surface area contributed by atoms with E-state index >= 15 is 0 Å². The Balaban J connectivity index is 1.46. The topological polar surface area (TPSA) is 0 Å². The third-order valence-electron chi connectivity index (χ3n) is 3.73. The molecule has 0 aromatic carbocycles. The second kappa shape index (κ2) is 8.95. The molecule has 3 aliphatic heterocycles. The Labute approximate surface area is 170 Å². The van der Waals surface area contributed by atoms with Crippen molar-refractivity contribution in [2.75, 3.05) is 11.5 Å². The van der Waals surface area contributed by atoms with E-state index in [4.69, 9.17) is 0 Å². The van der Waals surface area contributed by atoms with E-state index in [1.807, 2.05) is 7.10 Å². The van der Waals surface area contributed by atoms with Gasteiger partial charge in [-0.25, -0.2) is 0 Å². The minimum absolute atomic E-state index is 0.944. The molecule has 112 valence electrons. The summed E-state index contributed by atoms with van der Waals surface area (Å²) < 4.78 is 3.67. The average molecular weight is 666 g/mol. The van der Waals surface area contributed by atoms with Crippen LogP contribution >= 0.6 is 23.5 Å². The fourth-order valence-electron chi connectivity index (χ4n) is 2.49. The predicted octanol–water partition coefficient (Wildman–Crippen LogP) is 2.29. The molecule has 0 N–H and O–H groups in total. The Bertz CT molecular complexity index is 347. The molecule has 0 aliphatic carbocycles. The van der Waals surface area contributed by atoms with E-state index < -0.39 is 0 Å². The third-order valence-corrected chi connectivity index (χ3v) is 15.5. The van der Waals surface area contributed by atoms with Crippen LogP contribution in [0.1, 0.15) is 25.7 Å². The molecular weight excluding hydrogens is 645 g/mol. The van der Waals surface area contributed by atoms with E-state index in [1.165, 1.54) is 37.2 Å². The molecule has 4 unspecified atom stereocenters. The Kier molecular flexibility index (Phi) is 8.00. The third kappa shape index (κ3) is 6.52. The zero-order valence-electron chi connectivity index (χ0n) is 11.4. The molecule has 3 aliphatic rings. The van der Waals surface area contributed by atoms with E-state index in [9.17, 15) is 0 Å². The van der Waals surface area contributed by atoms with Crippen molar-refractivity contribution in [2.24, 2.45) is 0 Å². The summed E-state index contributed by atoms with van der Waals surface area (Å²) in [7, 11) is 0. The second-order valence-electron chi connectivity index (χ2n) is 5.62. The van der Waals surface area contributed by atoms with Crippen LogP contribution in [0.3, 0.4) is 0 Å².